The molecule has 0 spiro atoms. The third kappa shape index (κ3) is 3.92. The summed E-state index contributed by atoms with van der Waals surface area (Å²) in [6.07, 6.45) is 2.70. The summed E-state index contributed by atoms with van der Waals surface area (Å²) in [6, 6.07) is 9.88. The van der Waals surface area contributed by atoms with Gasteiger partial charge in [0.1, 0.15) is 0 Å². The van der Waals surface area contributed by atoms with Crippen LogP contribution in [0.2, 0.25) is 10.0 Å². The monoisotopic (exact) mass is 398 g/mol. The number of fused-ring (bicyclic) bond motifs is 1. The van der Waals surface area contributed by atoms with Gasteiger partial charge in [0.25, 0.3) is 5.91 Å². The number of carbonyl (C=O) groups is 1. The molecule has 5 nitrogen and oxygen atoms in total. The maximum atomic E-state index is 12.4. The molecule has 3 rings (SSSR count). The molecule has 132 valence electrons. The smallest absolute Gasteiger partial charge is 0.255 e. The van der Waals surface area contributed by atoms with E-state index in [0.29, 0.717) is 33.5 Å². The molecule has 1 amide bonds. The van der Waals surface area contributed by atoms with Crippen LogP contribution in [-0.2, 0) is 16.4 Å². The van der Waals surface area contributed by atoms with Crippen molar-refractivity contribution in [2.45, 2.75) is 12.8 Å². The summed E-state index contributed by atoms with van der Waals surface area (Å²) in [4.78, 5) is 12.4. The lowest BCUT2D eigenvalue weighted by Gasteiger charge is -2.29. The molecule has 0 atom stereocenters. The second-order valence-electron chi connectivity index (χ2n) is 5.87. The van der Waals surface area contributed by atoms with Crippen LogP contribution in [0.1, 0.15) is 22.3 Å². The first-order valence-corrected chi connectivity index (χ1v) is 10.2. The van der Waals surface area contributed by atoms with Crippen molar-refractivity contribution in [3.63, 3.8) is 0 Å². The number of hydrogen-bond donors (Lipinski definition) is 1. The van der Waals surface area contributed by atoms with Gasteiger partial charge in [0, 0.05) is 17.8 Å². The van der Waals surface area contributed by atoms with Crippen LogP contribution in [0, 0.1) is 0 Å². The fraction of sp³-hybridized carbons (Fsp3) is 0.235. The number of carbonyl (C=O) groups excluding carboxylic acids is 1. The van der Waals surface area contributed by atoms with E-state index < -0.39 is 10.0 Å². The van der Waals surface area contributed by atoms with Gasteiger partial charge in [-0.2, -0.15) is 0 Å². The molecule has 1 aliphatic rings. The molecule has 0 bridgehead atoms. The quantitative estimate of drug-likeness (QED) is 0.850. The Morgan fingerprint density at radius 2 is 1.88 bits per heavy atom. The summed E-state index contributed by atoms with van der Waals surface area (Å²) in [6.45, 7) is 0.473. The summed E-state index contributed by atoms with van der Waals surface area (Å²) in [5, 5.41) is 3.49. The minimum absolute atomic E-state index is 0.309. The summed E-state index contributed by atoms with van der Waals surface area (Å²) in [5.74, 6) is -0.311. The molecule has 25 heavy (non-hydrogen) atoms. The van der Waals surface area contributed by atoms with Crippen molar-refractivity contribution in [3.8, 4) is 0 Å². The molecule has 1 aliphatic heterocycles. The van der Waals surface area contributed by atoms with Crippen LogP contribution in [-0.4, -0.2) is 27.1 Å². The molecular weight excluding hydrogens is 383 g/mol. The Bertz CT molecular complexity index is 945. The van der Waals surface area contributed by atoms with Gasteiger partial charge in [0.2, 0.25) is 10.0 Å². The normalized spacial score (nSPS) is 14.1. The Morgan fingerprint density at radius 1 is 1.12 bits per heavy atom. The number of rotatable bonds is 3. The van der Waals surface area contributed by atoms with Gasteiger partial charge in [-0.15, -0.1) is 0 Å². The van der Waals surface area contributed by atoms with E-state index in [2.05, 4.69) is 5.32 Å². The van der Waals surface area contributed by atoms with Crippen molar-refractivity contribution in [1.29, 1.82) is 0 Å². The van der Waals surface area contributed by atoms with Crippen LogP contribution < -0.4 is 9.62 Å². The highest BCUT2D eigenvalue weighted by molar-refractivity contribution is 7.92. The molecule has 0 unspecified atom stereocenters. The molecule has 2 aromatic carbocycles. The Morgan fingerprint density at radius 3 is 2.56 bits per heavy atom. The number of nitrogens with zero attached hydrogens (tertiary/aromatic N) is 1. The molecule has 2 aromatic rings. The van der Waals surface area contributed by atoms with E-state index in [1.807, 2.05) is 6.07 Å². The van der Waals surface area contributed by atoms with Gasteiger partial charge in [-0.25, -0.2) is 8.42 Å². The topological polar surface area (TPSA) is 66.5 Å². The SMILES string of the molecule is CS(=O)(=O)N1CCCc2cc(NC(=O)c3ccc(Cl)c(Cl)c3)ccc21. The van der Waals surface area contributed by atoms with Gasteiger partial charge in [0.05, 0.1) is 22.0 Å². The highest BCUT2D eigenvalue weighted by Crippen LogP contribution is 2.31. The predicted molar refractivity (Wildman–Crippen MR) is 101 cm³/mol. The van der Waals surface area contributed by atoms with Crippen molar-refractivity contribution in [1.82, 2.24) is 0 Å². The van der Waals surface area contributed by atoms with Crippen molar-refractivity contribution in [2.24, 2.45) is 0 Å². The summed E-state index contributed by atoms with van der Waals surface area (Å²) in [5.41, 5.74) is 2.56. The molecule has 1 heterocycles. The molecule has 0 aromatic heterocycles. The number of nitrogens with one attached hydrogen (secondary N) is 1. The minimum Gasteiger partial charge on any atom is -0.322 e. The number of benzene rings is 2. The molecule has 8 heteroatoms. The molecule has 0 fully saturated rings. The predicted octanol–water partition coefficient (Wildman–Crippen LogP) is 3.96. The van der Waals surface area contributed by atoms with Crippen LogP contribution in [0.3, 0.4) is 0 Å². The number of anilines is 2. The average Bonchev–Trinajstić information content (AvgIpc) is 2.55. The molecular formula is C17H16Cl2N2O3S. The third-order valence-electron chi connectivity index (χ3n) is 4.00. The number of aryl methyl sites for hydroxylation is 1. The van der Waals surface area contributed by atoms with Gasteiger partial charge >= 0.3 is 0 Å². The van der Waals surface area contributed by atoms with Crippen LogP contribution in [0.4, 0.5) is 11.4 Å². The summed E-state index contributed by atoms with van der Waals surface area (Å²) < 4.78 is 25.2. The van der Waals surface area contributed by atoms with Gasteiger partial charge in [-0.05, 0) is 54.8 Å². The van der Waals surface area contributed by atoms with E-state index in [1.165, 1.54) is 16.6 Å². The Balaban J connectivity index is 1.85. The first kappa shape index (κ1) is 18.0. The second-order valence-corrected chi connectivity index (χ2v) is 8.59. The highest BCUT2D eigenvalue weighted by Gasteiger charge is 2.24. The largest absolute Gasteiger partial charge is 0.322 e. The van der Waals surface area contributed by atoms with Crippen molar-refractivity contribution < 1.29 is 13.2 Å². The zero-order valence-electron chi connectivity index (χ0n) is 13.4. The molecule has 0 saturated carbocycles. The lowest BCUT2D eigenvalue weighted by atomic mass is 10.0. The lowest BCUT2D eigenvalue weighted by molar-refractivity contribution is 0.102. The summed E-state index contributed by atoms with van der Waals surface area (Å²) in [7, 11) is -3.31. The van der Waals surface area contributed by atoms with E-state index in [-0.39, 0.29) is 5.91 Å². The molecule has 0 aliphatic carbocycles. The van der Waals surface area contributed by atoms with Crippen LogP contribution in [0.15, 0.2) is 36.4 Å². The lowest BCUT2D eigenvalue weighted by Crippen LogP contribution is -2.34. The first-order chi connectivity index (χ1) is 11.8. The van der Waals surface area contributed by atoms with Crippen molar-refractivity contribution in [2.75, 3.05) is 22.4 Å². The molecule has 0 radical (unpaired) electrons. The zero-order chi connectivity index (χ0) is 18.2. The van der Waals surface area contributed by atoms with Crippen LogP contribution >= 0.6 is 23.2 Å². The van der Waals surface area contributed by atoms with Gasteiger partial charge in [-0.1, -0.05) is 23.2 Å². The van der Waals surface area contributed by atoms with E-state index in [1.54, 1.807) is 24.3 Å². The minimum atomic E-state index is -3.31. The maximum absolute atomic E-state index is 12.4. The standard InChI is InChI=1S/C17H16Cl2N2O3S/c1-25(23,24)21-8-2-3-11-9-13(5-7-16(11)21)20-17(22)12-4-6-14(18)15(19)10-12/h4-7,9-10H,2-3,8H2,1H3,(H,20,22). The molecule has 1 N–H and O–H groups in total. The van der Waals surface area contributed by atoms with Gasteiger partial charge in [0.15, 0.2) is 0 Å². The highest BCUT2D eigenvalue weighted by atomic mass is 35.5. The van der Waals surface area contributed by atoms with Crippen molar-refractivity contribution >= 4 is 50.5 Å². The number of halogens is 2. The van der Waals surface area contributed by atoms with Crippen molar-refractivity contribution in [3.05, 3.63) is 57.6 Å². The van der Waals surface area contributed by atoms with Gasteiger partial charge in [-0.3, -0.25) is 9.10 Å². The van der Waals surface area contributed by atoms with Gasteiger partial charge < -0.3 is 5.32 Å². The number of amides is 1. The maximum Gasteiger partial charge on any atom is 0.255 e. The summed E-state index contributed by atoms with van der Waals surface area (Å²) >= 11 is 11.8. The fourth-order valence-electron chi connectivity index (χ4n) is 2.83. The Kier molecular flexibility index (Phi) is 4.95. The zero-order valence-corrected chi connectivity index (χ0v) is 15.7. The molecule has 0 saturated heterocycles. The first-order valence-electron chi connectivity index (χ1n) is 7.63. The second kappa shape index (κ2) is 6.86. The number of sulfonamides is 1. The van der Waals surface area contributed by atoms with E-state index in [0.717, 1.165) is 18.4 Å². The van der Waals surface area contributed by atoms with E-state index >= 15 is 0 Å². The average molecular weight is 399 g/mol. The Labute approximate surface area is 156 Å². The third-order valence-corrected chi connectivity index (χ3v) is 5.91. The van der Waals surface area contributed by atoms with Crippen LogP contribution in [0.25, 0.3) is 0 Å². The number of hydrogen-bond acceptors (Lipinski definition) is 3. The Hall–Kier alpha value is -1.76. The van der Waals surface area contributed by atoms with E-state index in [4.69, 9.17) is 23.2 Å². The van der Waals surface area contributed by atoms with E-state index in [9.17, 15) is 13.2 Å². The van der Waals surface area contributed by atoms with Crippen LogP contribution in [0.5, 0.6) is 0 Å². The fourth-order valence-corrected chi connectivity index (χ4v) is 4.12.